The van der Waals surface area contributed by atoms with Crippen LogP contribution in [0.3, 0.4) is 0 Å². The van der Waals surface area contributed by atoms with Crippen LogP contribution in [-0.4, -0.2) is 43.9 Å². The van der Waals surface area contributed by atoms with Crippen molar-refractivity contribution >= 4 is 21.6 Å². The number of hydrogen-bond donors (Lipinski definition) is 2. The lowest BCUT2D eigenvalue weighted by Crippen LogP contribution is -2.37. The van der Waals surface area contributed by atoms with Crippen molar-refractivity contribution in [3.8, 4) is 0 Å². The molecule has 1 rings (SSSR count). The minimum absolute atomic E-state index is 0.0591. The molecule has 1 amide bonds. The molecule has 0 aromatic carbocycles. The van der Waals surface area contributed by atoms with Gasteiger partial charge in [0.25, 0.3) is 5.91 Å². The maximum Gasteiger partial charge on any atom is 0.255 e. The molecule has 0 saturated carbocycles. The molecule has 118 valence electrons. The van der Waals surface area contributed by atoms with Gasteiger partial charge in [-0.3, -0.25) is 4.79 Å². The number of carbonyl (C=O) groups is 1. The smallest absolute Gasteiger partial charge is 0.255 e. The first kappa shape index (κ1) is 17.4. The summed E-state index contributed by atoms with van der Waals surface area (Å²) in [5, 5.41) is 5.47. The van der Waals surface area contributed by atoms with Crippen LogP contribution in [0.1, 0.15) is 30.6 Å². The minimum atomic E-state index is -3.20. The van der Waals surface area contributed by atoms with E-state index in [-0.39, 0.29) is 17.1 Å². The van der Waals surface area contributed by atoms with Gasteiger partial charge >= 0.3 is 0 Å². The summed E-state index contributed by atoms with van der Waals surface area (Å²) in [5.74, 6) is -1.09. The quantitative estimate of drug-likeness (QED) is 0.789. The van der Waals surface area contributed by atoms with Crippen LogP contribution in [0, 0.1) is 5.82 Å². The predicted octanol–water partition coefficient (Wildman–Crippen LogP) is 1.21. The van der Waals surface area contributed by atoms with Crippen LogP contribution in [0.15, 0.2) is 12.3 Å². The summed E-state index contributed by atoms with van der Waals surface area (Å²) in [6.07, 6.45) is 2.94. The SMILES string of the molecule is CCCNc1ncc(F)cc1C(=O)NC(C)CS(C)(=O)=O. The molecular weight excluding hydrogens is 297 g/mol. The fourth-order valence-electron chi connectivity index (χ4n) is 1.79. The van der Waals surface area contributed by atoms with E-state index in [1.807, 2.05) is 6.92 Å². The van der Waals surface area contributed by atoms with Crippen molar-refractivity contribution in [3.05, 3.63) is 23.6 Å². The van der Waals surface area contributed by atoms with E-state index in [9.17, 15) is 17.6 Å². The van der Waals surface area contributed by atoms with Crippen molar-refractivity contribution in [2.24, 2.45) is 0 Å². The zero-order valence-corrected chi connectivity index (χ0v) is 13.1. The highest BCUT2D eigenvalue weighted by atomic mass is 32.2. The molecule has 1 atom stereocenters. The normalized spacial score (nSPS) is 12.8. The molecule has 0 aliphatic carbocycles. The van der Waals surface area contributed by atoms with Gasteiger partial charge in [0.2, 0.25) is 0 Å². The maximum atomic E-state index is 13.3. The third-order valence-electron chi connectivity index (χ3n) is 2.57. The second-order valence-corrected chi connectivity index (χ2v) is 7.13. The van der Waals surface area contributed by atoms with Crippen molar-refractivity contribution in [2.45, 2.75) is 26.3 Å². The number of amides is 1. The van der Waals surface area contributed by atoms with Crippen molar-refractivity contribution in [1.82, 2.24) is 10.3 Å². The van der Waals surface area contributed by atoms with Gasteiger partial charge in [0.1, 0.15) is 21.5 Å². The molecule has 0 bridgehead atoms. The molecule has 1 aromatic heterocycles. The van der Waals surface area contributed by atoms with E-state index < -0.39 is 27.6 Å². The Hall–Kier alpha value is -1.70. The van der Waals surface area contributed by atoms with E-state index >= 15 is 0 Å². The molecule has 1 unspecified atom stereocenters. The van der Waals surface area contributed by atoms with Gasteiger partial charge in [-0.15, -0.1) is 0 Å². The van der Waals surface area contributed by atoms with Gasteiger partial charge in [-0.25, -0.2) is 17.8 Å². The fraction of sp³-hybridized carbons (Fsp3) is 0.538. The van der Waals surface area contributed by atoms with Crippen LogP contribution in [0.2, 0.25) is 0 Å². The van der Waals surface area contributed by atoms with Crippen molar-refractivity contribution < 1.29 is 17.6 Å². The zero-order chi connectivity index (χ0) is 16.0. The first-order valence-electron chi connectivity index (χ1n) is 6.61. The summed E-state index contributed by atoms with van der Waals surface area (Å²) in [4.78, 5) is 16.0. The summed E-state index contributed by atoms with van der Waals surface area (Å²) in [6.45, 7) is 4.12. The van der Waals surface area contributed by atoms with Crippen LogP contribution in [0.4, 0.5) is 10.2 Å². The Morgan fingerprint density at radius 1 is 1.48 bits per heavy atom. The maximum absolute atomic E-state index is 13.3. The summed E-state index contributed by atoms with van der Waals surface area (Å²) in [7, 11) is -3.20. The molecule has 0 aliphatic rings. The summed E-state index contributed by atoms with van der Waals surface area (Å²) in [5.41, 5.74) is 0.0591. The lowest BCUT2D eigenvalue weighted by atomic mass is 10.2. The lowest BCUT2D eigenvalue weighted by Gasteiger charge is -2.15. The van der Waals surface area contributed by atoms with Gasteiger partial charge in [-0.05, 0) is 19.4 Å². The molecule has 21 heavy (non-hydrogen) atoms. The third kappa shape index (κ3) is 6.07. The zero-order valence-electron chi connectivity index (χ0n) is 12.3. The molecule has 0 spiro atoms. The van der Waals surface area contributed by atoms with Crippen LogP contribution in [-0.2, 0) is 9.84 Å². The molecule has 0 radical (unpaired) electrons. The predicted molar refractivity (Wildman–Crippen MR) is 79.6 cm³/mol. The second kappa shape index (κ2) is 7.35. The van der Waals surface area contributed by atoms with E-state index in [1.165, 1.54) is 0 Å². The highest BCUT2D eigenvalue weighted by Gasteiger charge is 2.18. The Bertz CT molecular complexity index is 605. The van der Waals surface area contributed by atoms with Crippen LogP contribution in [0.5, 0.6) is 0 Å². The van der Waals surface area contributed by atoms with Crippen LogP contribution < -0.4 is 10.6 Å². The highest BCUT2D eigenvalue weighted by molar-refractivity contribution is 7.90. The van der Waals surface area contributed by atoms with Gasteiger partial charge in [-0.1, -0.05) is 6.92 Å². The molecular formula is C13H20FN3O3S. The Balaban J connectivity index is 2.87. The standard InChI is InChI=1S/C13H20FN3O3S/c1-4-5-15-12-11(6-10(14)7-16-12)13(18)17-9(2)8-21(3,19)20/h6-7,9H,4-5,8H2,1-3H3,(H,15,16)(H,17,18). The first-order chi connectivity index (χ1) is 9.73. The summed E-state index contributed by atoms with van der Waals surface area (Å²) in [6, 6.07) is 0.503. The number of anilines is 1. The molecule has 0 fully saturated rings. The third-order valence-corrected chi connectivity index (χ3v) is 3.68. The Morgan fingerprint density at radius 3 is 2.71 bits per heavy atom. The highest BCUT2D eigenvalue weighted by Crippen LogP contribution is 2.14. The Morgan fingerprint density at radius 2 is 2.14 bits per heavy atom. The number of nitrogens with one attached hydrogen (secondary N) is 2. The summed E-state index contributed by atoms with van der Waals surface area (Å²) >= 11 is 0. The average Bonchev–Trinajstić information content (AvgIpc) is 2.34. The van der Waals surface area contributed by atoms with E-state index in [2.05, 4.69) is 15.6 Å². The van der Waals surface area contributed by atoms with Gasteiger partial charge in [0.15, 0.2) is 0 Å². The van der Waals surface area contributed by atoms with Crippen LogP contribution >= 0.6 is 0 Å². The fourth-order valence-corrected chi connectivity index (χ4v) is 2.79. The number of halogens is 1. The molecule has 0 saturated heterocycles. The molecule has 1 aromatic rings. The number of pyridine rings is 1. The topological polar surface area (TPSA) is 88.2 Å². The molecule has 8 heteroatoms. The molecule has 1 heterocycles. The van der Waals surface area contributed by atoms with E-state index in [1.54, 1.807) is 6.92 Å². The monoisotopic (exact) mass is 317 g/mol. The average molecular weight is 317 g/mol. The van der Waals surface area contributed by atoms with Crippen molar-refractivity contribution in [2.75, 3.05) is 23.9 Å². The number of sulfone groups is 1. The number of carbonyl (C=O) groups excluding carboxylic acids is 1. The molecule has 2 N–H and O–H groups in total. The largest absolute Gasteiger partial charge is 0.369 e. The van der Waals surface area contributed by atoms with Gasteiger partial charge in [0, 0.05) is 18.8 Å². The van der Waals surface area contributed by atoms with E-state index in [4.69, 9.17) is 0 Å². The Labute approximate surface area is 124 Å². The number of hydrogen-bond acceptors (Lipinski definition) is 5. The molecule has 6 nitrogen and oxygen atoms in total. The van der Waals surface area contributed by atoms with E-state index in [0.29, 0.717) is 6.54 Å². The Kier molecular flexibility index (Phi) is 6.07. The molecule has 0 aliphatic heterocycles. The minimum Gasteiger partial charge on any atom is -0.369 e. The number of rotatable bonds is 7. The van der Waals surface area contributed by atoms with Crippen molar-refractivity contribution in [1.29, 1.82) is 0 Å². The lowest BCUT2D eigenvalue weighted by molar-refractivity contribution is 0.0943. The van der Waals surface area contributed by atoms with Crippen LogP contribution in [0.25, 0.3) is 0 Å². The van der Waals surface area contributed by atoms with Gasteiger partial charge in [-0.2, -0.15) is 0 Å². The van der Waals surface area contributed by atoms with Crippen molar-refractivity contribution in [3.63, 3.8) is 0 Å². The van der Waals surface area contributed by atoms with Gasteiger partial charge in [0.05, 0.1) is 17.5 Å². The van der Waals surface area contributed by atoms with E-state index in [0.717, 1.165) is 24.9 Å². The number of aromatic nitrogens is 1. The number of nitrogens with zero attached hydrogens (tertiary/aromatic N) is 1. The summed E-state index contributed by atoms with van der Waals surface area (Å²) < 4.78 is 35.6. The van der Waals surface area contributed by atoms with Gasteiger partial charge < -0.3 is 10.6 Å². The second-order valence-electron chi connectivity index (χ2n) is 4.94. The first-order valence-corrected chi connectivity index (χ1v) is 8.67.